The van der Waals surface area contributed by atoms with Crippen molar-refractivity contribution in [3.05, 3.63) is 17.8 Å². The van der Waals surface area contributed by atoms with Crippen LogP contribution in [0.2, 0.25) is 0 Å². The number of nitriles is 2. The van der Waals surface area contributed by atoms with Gasteiger partial charge in [-0.2, -0.15) is 10.5 Å². The third-order valence-electron chi connectivity index (χ3n) is 4.81. The summed E-state index contributed by atoms with van der Waals surface area (Å²) in [7, 11) is 1.31. The Morgan fingerprint density at radius 1 is 1.33 bits per heavy atom. The average molecular weight is 373 g/mol. The number of ether oxygens (including phenoxy) is 2. The quantitative estimate of drug-likeness (QED) is 0.635. The molecule has 0 N–H and O–H groups in total. The van der Waals surface area contributed by atoms with Gasteiger partial charge in [0, 0.05) is 6.42 Å². The van der Waals surface area contributed by atoms with Crippen molar-refractivity contribution in [1.29, 1.82) is 10.5 Å². The molecule has 1 aromatic rings. The smallest absolute Gasteiger partial charge is 0.324 e. The molecule has 1 aliphatic rings. The largest absolute Gasteiger partial charge is 0.469 e. The zero-order valence-corrected chi connectivity index (χ0v) is 15.9. The first kappa shape index (κ1) is 20.4. The Morgan fingerprint density at radius 2 is 1.96 bits per heavy atom. The van der Waals surface area contributed by atoms with Gasteiger partial charge in [-0.3, -0.25) is 9.59 Å². The monoisotopic (exact) mass is 373 g/mol. The highest BCUT2D eigenvalue weighted by atomic mass is 16.5. The summed E-state index contributed by atoms with van der Waals surface area (Å²) < 4.78 is 15.6. The van der Waals surface area contributed by atoms with E-state index in [9.17, 15) is 20.1 Å². The Morgan fingerprint density at radius 3 is 2.44 bits per heavy atom. The summed E-state index contributed by atoms with van der Waals surface area (Å²) in [6.45, 7) is 5.18. The molecular weight excluding hydrogens is 350 g/mol. The Balaban J connectivity index is 2.48. The number of hydrogen-bond acceptors (Lipinski definition) is 8. The van der Waals surface area contributed by atoms with Crippen LogP contribution in [-0.2, 0) is 30.9 Å². The fourth-order valence-corrected chi connectivity index (χ4v) is 3.31. The van der Waals surface area contributed by atoms with E-state index < -0.39 is 28.7 Å². The zero-order valence-electron chi connectivity index (χ0n) is 15.9. The second kappa shape index (κ2) is 7.79. The van der Waals surface area contributed by atoms with E-state index in [2.05, 4.69) is 4.98 Å². The molecule has 0 radical (unpaired) electrons. The number of nitrogens with zero attached hydrogens (tertiary/aromatic N) is 3. The van der Waals surface area contributed by atoms with Gasteiger partial charge in [0.15, 0.2) is 11.3 Å². The number of carbonyl (C=O) groups excluding carboxylic acids is 2. The van der Waals surface area contributed by atoms with Gasteiger partial charge < -0.3 is 13.9 Å². The number of hydrogen-bond donors (Lipinski definition) is 0. The lowest BCUT2D eigenvalue weighted by Gasteiger charge is -2.29. The van der Waals surface area contributed by atoms with Crippen LogP contribution in [0.4, 0.5) is 0 Å². The second-order valence-corrected chi connectivity index (χ2v) is 7.25. The van der Waals surface area contributed by atoms with Crippen molar-refractivity contribution in [3.8, 4) is 12.1 Å². The molecule has 0 bridgehead atoms. The van der Waals surface area contributed by atoms with Crippen LogP contribution in [0.15, 0.2) is 10.7 Å². The van der Waals surface area contributed by atoms with Crippen molar-refractivity contribution in [1.82, 2.24) is 4.98 Å². The highest BCUT2D eigenvalue weighted by Crippen LogP contribution is 2.52. The van der Waals surface area contributed by atoms with Crippen LogP contribution in [0.1, 0.15) is 45.2 Å². The van der Waals surface area contributed by atoms with E-state index in [-0.39, 0.29) is 24.8 Å². The maximum Gasteiger partial charge on any atom is 0.324 e. The fourth-order valence-electron chi connectivity index (χ4n) is 3.31. The average Bonchev–Trinajstić information content (AvgIpc) is 3.38. The van der Waals surface area contributed by atoms with Crippen LogP contribution in [0.5, 0.6) is 0 Å². The molecule has 27 heavy (non-hydrogen) atoms. The predicted molar refractivity (Wildman–Crippen MR) is 91.8 cm³/mol. The molecule has 1 aliphatic carbocycles. The second-order valence-electron chi connectivity index (χ2n) is 7.25. The molecule has 2 rings (SSSR count). The fraction of sp³-hybridized carbons (Fsp3) is 0.632. The van der Waals surface area contributed by atoms with Crippen molar-refractivity contribution in [2.24, 2.45) is 17.3 Å². The van der Waals surface area contributed by atoms with Crippen LogP contribution in [0.25, 0.3) is 0 Å². The highest BCUT2D eigenvalue weighted by Gasteiger charge is 2.62. The van der Waals surface area contributed by atoms with Gasteiger partial charge in [-0.05, 0) is 39.5 Å². The molecule has 1 fully saturated rings. The van der Waals surface area contributed by atoms with Crippen LogP contribution in [-0.4, -0.2) is 30.6 Å². The van der Waals surface area contributed by atoms with Gasteiger partial charge in [0.05, 0.1) is 37.0 Å². The van der Waals surface area contributed by atoms with Crippen molar-refractivity contribution in [2.75, 3.05) is 13.7 Å². The predicted octanol–water partition coefficient (Wildman–Crippen LogP) is 2.29. The van der Waals surface area contributed by atoms with E-state index in [1.54, 1.807) is 20.8 Å². The number of aromatic nitrogens is 1. The molecule has 0 aromatic carbocycles. The summed E-state index contributed by atoms with van der Waals surface area (Å²) in [6, 6.07) is 3.80. The summed E-state index contributed by atoms with van der Waals surface area (Å²) in [5, 5.41) is 19.0. The molecule has 0 spiro atoms. The molecule has 1 unspecified atom stereocenters. The number of carbonyl (C=O) groups is 2. The Hall–Kier alpha value is -2.87. The van der Waals surface area contributed by atoms with Gasteiger partial charge in [0.2, 0.25) is 5.89 Å². The summed E-state index contributed by atoms with van der Waals surface area (Å²) >= 11 is 0. The van der Waals surface area contributed by atoms with Crippen molar-refractivity contribution in [2.45, 2.75) is 45.4 Å². The van der Waals surface area contributed by atoms with E-state index >= 15 is 0 Å². The maximum absolute atomic E-state index is 12.9. The Bertz CT molecular complexity index is 783. The summed E-state index contributed by atoms with van der Waals surface area (Å²) in [6.07, 6.45) is 2.91. The molecule has 1 atom stereocenters. The standard InChI is InChI=1S/C19H23N3O5/c1-5-26-17(24)19(12-6-7-12,13(9-20)10-21)15-22-14(11-27-15)8-18(2,3)16(23)25-4/h11-13H,5-8H2,1-4H3. The van der Waals surface area contributed by atoms with Crippen LogP contribution >= 0.6 is 0 Å². The van der Waals surface area contributed by atoms with Gasteiger partial charge in [-0.25, -0.2) is 4.98 Å². The summed E-state index contributed by atoms with van der Waals surface area (Å²) in [5.41, 5.74) is -1.98. The first-order chi connectivity index (χ1) is 12.8. The first-order valence-electron chi connectivity index (χ1n) is 8.77. The summed E-state index contributed by atoms with van der Waals surface area (Å²) in [5.74, 6) is -2.63. The van der Waals surface area contributed by atoms with E-state index in [0.717, 1.165) is 0 Å². The molecule has 1 aromatic heterocycles. The highest BCUT2D eigenvalue weighted by molar-refractivity contribution is 5.84. The lowest BCUT2D eigenvalue weighted by atomic mass is 9.72. The number of rotatable bonds is 8. The van der Waals surface area contributed by atoms with E-state index in [0.29, 0.717) is 18.5 Å². The molecular formula is C19H23N3O5. The lowest BCUT2D eigenvalue weighted by molar-refractivity contribution is -0.153. The van der Waals surface area contributed by atoms with Crippen molar-refractivity contribution < 1.29 is 23.5 Å². The Kier molecular flexibility index (Phi) is 5.90. The minimum Gasteiger partial charge on any atom is -0.469 e. The van der Waals surface area contributed by atoms with Gasteiger partial charge in [0.25, 0.3) is 0 Å². The molecule has 8 heteroatoms. The van der Waals surface area contributed by atoms with Gasteiger partial charge in [0.1, 0.15) is 6.26 Å². The van der Waals surface area contributed by atoms with E-state index in [1.165, 1.54) is 13.4 Å². The number of oxazole rings is 1. The molecule has 1 heterocycles. The molecule has 0 saturated heterocycles. The normalized spacial score (nSPS) is 16.1. The third kappa shape index (κ3) is 3.66. The molecule has 8 nitrogen and oxygen atoms in total. The zero-order chi connectivity index (χ0) is 20.2. The summed E-state index contributed by atoms with van der Waals surface area (Å²) in [4.78, 5) is 29.2. The van der Waals surface area contributed by atoms with Gasteiger partial charge in [-0.1, -0.05) is 0 Å². The van der Waals surface area contributed by atoms with Gasteiger partial charge in [-0.15, -0.1) is 0 Å². The maximum atomic E-state index is 12.9. The molecule has 0 aliphatic heterocycles. The van der Waals surface area contributed by atoms with Crippen LogP contribution < -0.4 is 0 Å². The van der Waals surface area contributed by atoms with Crippen molar-refractivity contribution >= 4 is 11.9 Å². The topological polar surface area (TPSA) is 126 Å². The lowest BCUT2D eigenvalue weighted by Crippen LogP contribution is -2.46. The first-order valence-corrected chi connectivity index (χ1v) is 8.77. The van der Waals surface area contributed by atoms with Crippen LogP contribution in [0.3, 0.4) is 0 Å². The SMILES string of the molecule is CCOC(=O)C(c1nc(CC(C)(C)C(=O)OC)co1)(C(C#N)C#N)C1CC1. The van der Waals surface area contributed by atoms with Crippen molar-refractivity contribution in [3.63, 3.8) is 0 Å². The minimum absolute atomic E-state index is 0.00721. The van der Waals surface area contributed by atoms with E-state index in [1.807, 2.05) is 12.1 Å². The number of esters is 2. The molecule has 1 saturated carbocycles. The van der Waals surface area contributed by atoms with Gasteiger partial charge >= 0.3 is 11.9 Å². The molecule has 144 valence electrons. The third-order valence-corrected chi connectivity index (χ3v) is 4.81. The molecule has 0 amide bonds. The van der Waals surface area contributed by atoms with Crippen LogP contribution in [0, 0.1) is 39.9 Å². The van der Waals surface area contributed by atoms with E-state index in [4.69, 9.17) is 13.9 Å². The minimum atomic E-state index is -1.56. The Labute approximate surface area is 158 Å². The number of methoxy groups -OCH3 is 1.